The Bertz CT molecular complexity index is 1390. The molecule has 202 valence electrons. The summed E-state index contributed by atoms with van der Waals surface area (Å²) in [5.41, 5.74) is 1.63. The minimum atomic E-state index is -2.84. The lowest BCUT2D eigenvalue weighted by Gasteiger charge is -2.22. The molecule has 1 fully saturated rings. The van der Waals surface area contributed by atoms with Crippen LogP contribution in [0.5, 0.6) is 5.75 Å². The number of nitrogens with zero attached hydrogens (tertiary/aromatic N) is 3. The molecule has 0 saturated carbocycles. The molecular weight excluding hydrogens is 513 g/mol. The number of hydrogen-bond donors (Lipinski definition) is 2. The standard InChI is InChI=1S/C26H30FN5O5S/c1-3-36-26(33)32-38(2,34)16-19-5-4-6-21(13-19)30-25-29-17-28-24(31-25)22-14-20(27)7-8-23(22)37-15-18-9-11-35-12-10-18/h4-8,13-14,16-18H,3,9-12,15H2,1-2H3,(H,32,33,34)(H,28,29,30,31). The quantitative estimate of drug-likeness (QED) is 0.386. The molecule has 2 aromatic carbocycles. The van der Waals surface area contributed by atoms with E-state index in [4.69, 9.17) is 14.2 Å². The molecule has 1 aliphatic heterocycles. The highest BCUT2D eigenvalue weighted by molar-refractivity contribution is 7.99. The van der Waals surface area contributed by atoms with Crippen molar-refractivity contribution < 1.29 is 27.6 Å². The van der Waals surface area contributed by atoms with Crippen LogP contribution >= 0.6 is 0 Å². The van der Waals surface area contributed by atoms with Crippen LogP contribution in [0.1, 0.15) is 25.3 Å². The first kappa shape index (κ1) is 27.3. The van der Waals surface area contributed by atoms with Crippen LogP contribution in [0.15, 0.2) is 48.8 Å². The van der Waals surface area contributed by atoms with Gasteiger partial charge in [-0.05, 0) is 61.6 Å². The monoisotopic (exact) mass is 543 g/mol. The van der Waals surface area contributed by atoms with Crippen molar-refractivity contribution in [1.29, 1.82) is 0 Å². The van der Waals surface area contributed by atoms with Crippen molar-refractivity contribution in [3.8, 4) is 17.1 Å². The summed E-state index contributed by atoms with van der Waals surface area (Å²) in [4.78, 5) is 24.5. The second-order valence-corrected chi connectivity index (χ2v) is 11.0. The molecule has 3 aromatic rings. The predicted molar refractivity (Wildman–Crippen MR) is 143 cm³/mol. The van der Waals surface area contributed by atoms with Gasteiger partial charge in [-0.15, -0.1) is 0 Å². The van der Waals surface area contributed by atoms with E-state index in [0.717, 1.165) is 12.8 Å². The molecule has 2 N–H and O–H groups in total. The first-order chi connectivity index (χ1) is 18.3. The number of ether oxygens (including phenoxy) is 3. The first-order valence-corrected chi connectivity index (χ1v) is 14.2. The number of amides is 1. The largest absolute Gasteiger partial charge is 0.493 e. The third-order valence-electron chi connectivity index (χ3n) is 5.63. The molecule has 0 bridgehead atoms. The number of benzene rings is 2. The van der Waals surface area contributed by atoms with E-state index in [0.29, 0.717) is 48.3 Å². The second-order valence-electron chi connectivity index (χ2n) is 8.73. The van der Waals surface area contributed by atoms with Gasteiger partial charge in [-0.3, -0.25) is 0 Å². The van der Waals surface area contributed by atoms with Crippen molar-refractivity contribution in [3.05, 3.63) is 60.2 Å². The van der Waals surface area contributed by atoms with Gasteiger partial charge in [0, 0.05) is 30.5 Å². The first-order valence-electron chi connectivity index (χ1n) is 12.2. The molecule has 2 heterocycles. The number of hydrogen-bond acceptors (Lipinski definition) is 9. The Morgan fingerprint density at radius 2 is 2.03 bits per heavy atom. The normalized spacial score (nSPS) is 15.2. The van der Waals surface area contributed by atoms with Crippen LogP contribution in [0.2, 0.25) is 0 Å². The summed E-state index contributed by atoms with van der Waals surface area (Å²) in [7, 11) is -2.84. The minimum Gasteiger partial charge on any atom is -0.493 e. The van der Waals surface area contributed by atoms with Crippen LogP contribution in [-0.2, 0) is 19.2 Å². The van der Waals surface area contributed by atoms with Gasteiger partial charge in [0.15, 0.2) is 5.82 Å². The highest BCUT2D eigenvalue weighted by Gasteiger charge is 2.17. The molecule has 38 heavy (non-hydrogen) atoms. The Labute approximate surface area is 221 Å². The molecule has 1 amide bonds. The molecule has 1 atom stereocenters. The molecule has 10 nitrogen and oxygen atoms in total. The van der Waals surface area contributed by atoms with E-state index in [1.807, 2.05) is 0 Å². The van der Waals surface area contributed by atoms with Gasteiger partial charge in [0.05, 0.1) is 28.5 Å². The Morgan fingerprint density at radius 3 is 2.82 bits per heavy atom. The van der Waals surface area contributed by atoms with Gasteiger partial charge in [-0.25, -0.2) is 28.1 Å². The average Bonchev–Trinajstić information content (AvgIpc) is 2.88. The molecule has 1 unspecified atom stereocenters. The molecule has 1 aromatic heterocycles. The van der Waals surface area contributed by atoms with Crippen molar-refractivity contribution in [3.63, 3.8) is 0 Å². The zero-order valence-corrected chi connectivity index (χ0v) is 22.0. The van der Waals surface area contributed by atoms with E-state index in [2.05, 4.69) is 25.0 Å². The van der Waals surface area contributed by atoms with Gasteiger partial charge in [-0.2, -0.15) is 4.98 Å². The Kier molecular flexibility index (Phi) is 9.08. The third-order valence-corrected chi connectivity index (χ3v) is 6.93. The van der Waals surface area contributed by atoms with Crippen molar-refractivity contribution in [1.82, 2.24) is 19.7 Å². The lowest BCUT2D eigenvalue weighted by atomic mass is 10.0. The summed E-state index contributed by atoms with van der Waals surface area (Å²) in [6, 6.07) is 11.3. The summed E-state index contributed by atoms with van der Waals surface area (Å²) in [5, 5.41) is 4.53. The van der Waals surface area contributed by atoms with E-state index in [1.54, 1.807) is 37.3 Å². The highest BCUT2D eigenvalue weighted by atomic mass is 32.2. The molecule has 1 aliphatic rings. The summed E-state index contributed by atoms with van der Waals surface area (Å²) < 4.78 is 45.5. The second kappa shape index (κ2) is 12.7. The molecule has 12 heteroatoms. The number of aromatic nitrogens is 3. The fourth-order valence-corrected chi connectivity index (χ4v) is 4.96. The van der Waals surface area contributed by atoms with Crippen LogP contribution in [-0.4, -0.2) is 63.3 Å². The molecule has 0 radical (unpaired) electrons. The number of rotatable bonds is 9. The van der Waals surface area contributed by atoms with Crippen LogP contribution < -0.4 is 14.8 Å². The van der Waals surface area contributed by atoms with E-state index in [-0.39, 0.29) is 18.4 Å². The van der Waals surface area contributed by atoms with Crippen molar-refractivity contribution in [2.24, 2.45) is 5.92 Å². The average molecular weight is 544 g/mol. The highest BCUT2D eigenvalue weighted by Crippen LogP contribution is 2.30. The lowest BCUT2D eigenvalue weighted by molar-refractivity contribution is 0.0498. The molecule has 4 rings (SSSR count). The van der Waals surface area contributed by atoms with E-state index in [9.17, 15) is 13.4 Å². The number of nitrogens with one attached hydrogen (secondary N) is 2. The molecule has 0 spiro atoms. The number of carbonyl (C=O) groups excluding carboxylic acids is 1. The maximum absolute atomic E-state index is 14.2. The van der Waals surface area contributed by atoms with E-state index >= 15 is 0 Å². The SMILES string of the molecule is CCOC(=O)NS(C)(=O)=Cc1cccc(Nc2ncnc(-c3cc(F)ccc3OCC3CCOCC3)n2)c1. The molecule has 1 saturated heterocycles. The van der Waals surface area contributed by atoms with Crippen molar-refractivity contribution in [2.45, 2.75) is 19.8 Å². The maximum Gasteiger partial charge on any atom is 0.418 e. The van der Waals surface area contributed by atoms with Crippen LogP contribution in [0.4, 0.5) is 20.8 Å². The number of anilines is 2. The fourth-order valence-electron chi connectivity index (χ4n) is 3.84. The lowest BCUT2D eigenvalue weighted by Crippen LogP contribution is -2.31. The van der Waals surface area contributed by atoms with Crippen LogP contribution in [0, 0.1) is 11.7 Å². The number of halogens is 1. The van der Waals surface area contributed by atoms with Crippen molar-refractivity contribution >= 4 is 32.8 Å². The molecule has 0 aliphatic carbocycles. The van der Waals surface area contributed by atoms with Crippen LogP contribution in [0.25, 0.3) is 11.4 Å². The summed E-state index contributed by atoms with van der Waals surface area (Å²) >= 11 is 0. The van der Waals surface area contributed by atoms with Crippen molar-refractivity contribution in [2.75, 3.05) is 38.0 Å². The topological polar surface area (TPSA) is 125 Å². The predicted octanol–water partition coefficient (Wildman–Crippen LogP) is 3.95. The number of carbonyl (C=O) groups is 1. The van der Waals surface area contributed by atoms with Crippen LogP contribution in [0.3, 0.4) is 0 Å². The van der Waals surface area contributed by atoms with Gasteiger partial charge >= 0.3 is 6.09 Å². The summed E-state index contributed by atoms with van der Waals surface area (Å²) in [6.45, 7) is 3.75. The van der Waals surface area contributed by atoms with Gasteiger partial charge in [0.2, 0.25) is 5.95 Å². The van der Waals surface area contributed by atoms with Gasteiger partial charge < -0.3 is 19.5 Å². The smallest absolute Gasteiger partial charge is 0.418 e. The summed E-state index contributed by atoms with van der Waals surface area (Å²) in [6.07, 6.45) is 3.81. The van der Waals surface area contributed by atoms with Gasteiger partial charge in [0.1, 0.15) is 17.9 Å². The zero-order valence-electron chi connectivity index (χ0n) is 21.2. The summed E-state index contributed by atoms with van der Waals surface area (Å²) in [5.74, 6) is 0.900. The maximum atomic E-state index is 14.2. The Hall–Kier alpha value is -3.77. The fraction of sp³-hybridized carbons (Fsp3) is 0.346. The van der Waals surface area contributed by atoms with E-state index < -0.39 is 21.6 Å². The minimum absolute atomic E-state index is 0.174. The zero-order chi connectivity index (χ0) is 27.0. The van der Waals surface area contributed by atoms with Gasteiger partial charge in [-0.1, -0.05) is 12.1 Å². The van der Waals surface area contributed by atoms with E-state index in [1.165, 1.54) is 30.1 Å². The Balaban J connectivity index is 1.52. The molecular formula is C26H30FN5O5S. The third kappa shape index (κ3) is 7.86. The van der Waals surface area contributed by atoms with Gasteiger partial charge in [0.25, 0.3) is 0 Å². The Morgan fingerprint density at radius 1 is 1.21 bits per heavy atom.